The lowest BCUT2D eigenvalue weighted by atomic mass is 9.98. The third kappa shape index (κ3) is 2.46. The molecule has 0 saturated heterocycles. The summed E-state index contributed by atoms with van der Waals surface area (Å²) in [6.07, 6.45) is -1.23. The minimum absolute atomic E-state index is 0.0584. The van der Waals surface area contributed by atoms with Crippen molar-refractivity contribution in [3.05, 3.63) is 34.9 Å². The highest BCUT2D eigenvalue weighted by atomic mass is 16.4. The highest BCUT2D eigenvalue weighted by Crippen LogP contribution is 2.19. The number of rotatable bonds is 4. The summed E-state index contributed by atoms with van der Waals surface area (Å²) in [6, 6.07) is 4.60. The van der Waals surface area contributed by atoms with Crippen molar-refractivity contribution in [2.45, 2.75) is 26.4 Å². The second-order valence-corrected chi connectivity index (χ2v) is 3.59. The number of aryl methyl sites for hydroxylation is 1. The molecular weight excluding hydrogens is 208 g/mol. The molecule has 1 rings (SSSR count). The van der Waals surface area contributed by atoms with Gasteiger partial charge in [0.1, 0.15) is 0 Å². The van der Waals surface area contributed by atoms with Crippen molar-refractivity contribution in [1.82, 2.24) is 0 Å². The van der Waals surface area contributed by atoms with E-state index in [1.165, 1.54) is 12.1 Å². The van der Waals surface area contributed by atoms with Crippen LogP contribution in [0.2, 0.25) is 0 Å². The van der Waals surface area contributed by atoms with Crippen LogP contribution in [0.3, 0.4) is 0 Å². The van der Waals surface area contributed by atoms with Crippen LogP contribution in [0, 0.1) is 6.92 Å². The van der Waals surface area contributed by atoms with Gasteiger partial charge in [0.15, 0.2) is 11.9 Å². The minimum Gasteiger partial charge on any atom is -0.479 e. The Kier molecular flexibility index (Phi) is 3.79. The van der Waals surface area contributed by atoms with E-state index in [1.54, 1.807) is 19.9 Å². The maximum Gasteiger partial charge on any atom is 0.337 e. The average molecular weight is 222 g/mol. The zero-order chi connectivity index (χ0) is 12.3. The Bertz CT molecular complexity index is 423. The molecule has 86 valence electrons. The maximum absolute atomic E-state index is 11.5. The van der Waals surface area contributed by atoms with Crippen molar-refractivity contribution in [2.24, 2.45) is 0 Å². The molecule has 0 aliphatic carbocycles. The number of carboxylic acid groups (broad SMARTS) is 1. The van der Waals surface area contributed by atoms with E-state index < -0.39 is 12.1 Å². The van der Waals surface area contributed by atoms with Gasteiger partial charge in [-0.3, -0.25) is 4.79 Å². The predicted octanol–water partition coefficient (Wildman–Crippen LogP) is 1.71. The van der Waals surface area contributed by atoms with E-state index in [9.17, 15) is 14.7 Å². The third-order valence-electron chi connectivity index (χ3n) is 2.43. The molecule has 1 aromatic carbocycles. The molecule has 0 aliphatic heterocycles. The number of carbonyl (C=O) groups is 2. The lowest BCUT2D eigenvalue weighted by Crippen LogP contribution is -2.12. The fraction of sp³-hybridized carbons (Fsp3) is 0.333. The Balaban J connectivity index is 3.17. The van der Waals surface area contributed by atoms with Crippen LogP contribution in [-0.2, 0) is 4.79 Å². The number of aliphatic carboxylic acids is 1. The van der Waals surface area contributed by atoms with Crippen LogP contribution in [0.4, 0.5) is 0 Å². The van der Waals surface area contributed by atoms with Crippen LogP contribution in [0.25, 0.3) is 0 Å². The van der Waals surface area contributed by atoms with Gasteiger partial charge in [0.25, 0.3) is 0 Å². The quantitative estimate of drug-likeness (QED) is 0.760. The molecule has 0 spiro atoms. The second-order valence-electron chi connectivity index (χ2n) is 3.59. The van der Waals surface area contributed by atoms with Crippen molar-refractivity contribution >= 4 is 11.8 Å². The first kappa shape index (κ1) is 12.4. The summed E-state index contributed by atoms with van der Waals surface area (Å²) < 4.78 is 0. The van der Waals surface area contributed by atoms with Gasteiger partial charge in [0.05, 0.1) is 0 Å². The second kappa shape index (κ2) is 4.90. The van der Waals surface area contributed by atoms with Crippen molar-refractivity contribution in [3.63, 3.8) is 0 Å². The third-order valence-corrected chi connectivity index (χ3v) is 2.43. The molecule has 0 radical (unpaired) electrons. The van der Waals surface area contributed by atoms with Crippen molar-refractivity contribution in [3.8, 4) is 0 Å². The summed E-state index contributed by atoms with van der Waals surface area (Å²) >= 11 is 0. The fourth-order valence-electron chi connectivity index (χ4n) is 1.44. The van der Waals surface area contributed by atoms with Crippen molar-refractivity contribution in [2.75, 3.05) is 0 Å². The standard InChI is InChI=1S/C12H14O4/c1-3-10(13)9-6-8(5-4-7(9)2)11(14)12(15)16/h4-6,11,14H,3H2,1-2H3,(H,15,16). The normalized spacial score (nSPS) is 12.2. The van der Waals surface area contributed by atoms with E-state index in [1.807, 2.05) is 0 Å². The predicted molar refractivity (Wildman–Crippen MR) is 58.4 cm³/mol. The monoisotopic (exact) mass is 222 g/mol. The van der Waals surface area contributed by atoms with Crippen LogP contribution in [-0.4, -0.2) is 22.0 Å². The van der Waals surface area contributed by atoms with Crippen LogP contribution < -0.4 is 0 Å². The fourth-order valence-corrected chi connectivity index (χ4v) is 1.44. The first-order valence-corrected chi connectivity index (χ1v) is 5.02. The summed E-state index contributed by atoms with van der Waals surface area (Å²) in [6.45, 7) is 3.52. The van der Waals surface area contributed by atoms with Crippen molar-refractivity contribution < 1.29 is 19.8 Å². The number of benzene rings is 1. The molecule has 1 atom stereocenters. The number of ketones is 1. The topological polar surface area (TPSA) is 74.6 Å². The van der Waals surface area contributed by atoms with E-state index in [4.69, 9.17) is 5.11 Å². The molecule has 0 aliphatic rings. The number of carboxylic acids is 1. The smallest absolute Gasteiger partial charge is 0.337 e. The molecule has 1 aromatic rings. The van der Waals surface area contributed by atoms with Gasteiger partial charge in [-0.05, 0) is 24.1 Å². The number of Topliss-reactive ketones (excluding diaryl/α,β-unsaturated/α-hetero) is 1. The van der Waals surface area contributed by atoms with E-state index in [0.717, 1.165) is 5.56 Å². The number of hydrogen-bond acceptors (Lipinski definition) is 3. The minimum atomic E-state index is -1.58. The Morgan fingerprint density at radius 3 is 2.50 bits per heavy atom. The number of aliphatic hydroxyl groups excluding tert-OH is 1. The van der Waals surface area contributed by atoms with Gasteiger partial charge in [0.2, 0.25) is 0 Å². The molecule has 0 saturated carbocycles. The van der Waals surface area contributed by atoms with Crippen LogP contribution >= 0.6 is 0 Å². The Morgan fingerprint density at radius 1 is 1.38 bits per heavy atom. The summed E-state index contributed by atoms with van der Waals surface area (Å²) in [4.78, 5) is 22.2. The Morgan fingerprint density at radius 2 is 2.00 bits per heavy atom. The molecule has 0 amide bonds. The maximum atomic E-state index is 11.5. The van der Waals surface area contributed by atoms with Gasteiger partial charge in [-0.15, -0.1) is 0 Å². The first-order chi connectivity index (χ1) is 7.47. The molecule has 4 heteroatoms. The van der Waals surface area contributed by atoms with E-state index in [2.05, 4.69) is 0 Å². The molecular formula is C12H14O4. The molecule has 0 fully saturated rings. The average Bonchev–Trinajstić information content (AvgIpc) is 2.27. The van der Waals surface area contributed by atoms with Gasteiger partial charge in [0, 0.05) is 12.0 Å². The van der Waals surface area contributed by atoms with Crippen LogP contribution in [0.15, 0.2) is 18.2 Å². The summed E-state index contributed by atoms with van der Waals surface area (Å²) in [5.74, 6) is -1.38. The molecule has 0 aromatic heterocycles. The van der Waals surface area contributed by atoms with E-state index in [-0.39, 0.29) is 11.3 Å². The first-order valence-electron chi connectivity index (χ1n) is 5.02. The van der Waals surface area contributed by atoms with Gasteiger partial charge >= 0.3 is 5.97 Å². The van der Waals surface area contributed by atoms with Crippen LogP contribution in [0.5, 0.6) is 0 Å². The number of carbonyl (C=O) groups excluding carboxylic acids is 1. The molecule has 2 N–H and O–H groups in total. The summed E-state index contributed by atoms with van der Waals surface area (Å²) in [7, 11) is 0. The lowest BCUT2D eigenvalue weighted by molar-refractivity contribution is -0.146. The highest BCUT2D eigenvalue weighted by molar-refractivity contribution is 5.97. The van der Waals surface area contributed by atoms with Gasteiger partial charge in [-0.25, -0.2) is 4.79 Å². The largest absolute Gasteiger partial charge is 0.479 e. The number of aliphatic hydroxyl groups is 1. The van der Waals surface area contributed by atoms with Crippen LogP contribution in [0.1, 0.15) is 40.9 Å². The molecule has 4 nitrogen and oxygen atoms in total. The molecule has 0 heterocycles. The number of hydrogen-bond donors (Lipinski definition) is 2. The van der Waals surface area contributed by atoms with E-state index >= 15 is 0 Å². The zero-order valence-electron chi connectivity index (χ0n) is 9.23. The lowest BCUT2D eigenvalue weighted by Gasteiger charge is -2.09. The molecule has 1 unspecified atom stereocenters. The van der Waals surface area contributed by atoms with E-state index in [0.29, 0.717) is 12.0 Å². The zero-order valence-corrected chi connectivity index (χ0v) is 9.23. The Labute approximate surface area is 93.5 Å². The highest BCUT2D eigenvalue weighted by Gasteiger charge is 2.18. The molecule has 16 heavy (non-hydrogen) atoms. The SMILES string of the molecule is CCC(=O)c1cc(C(O)C(=O)O)ccc1C. The summed E-state index contributed by atoms with van der Waals surface area (Å²) in [5, 5.41) is 18.0. The van der Waals surface area contributed by atoms with Gasteiger partial charge < -0.3 is 10.2 Å². The van der Waals surface area contributed by atoms with Gasteiger partial charge in [-0.1, -0.05) is 19.1 Å². The molecule has 0 bridgehead atoms. The van der Waals surface area contributed by atoms with Gasteiger partial charge in [-0.2, -0.15) is 0 Å². The van der Waals surface area contributed by atoms with Crippen molar-refractivity contribution in [1.29, 1.82) is 0 Å². The Hall–Kier alpha value is -1.68. The summed E-state index contributed by atoms with van der Waals surface area (Å²) in [5.41, 5.74) is 1.49.